The van der Waals surface area contributed by atoms with Gasteiger partial charge in [-0.25, -0.2) is 9.37 Å². The molecule has 0 aliphatic carbocycles. The van der Waals surface area contributed by atoms with E-state index in [9.17, 15) is 4.39 Å². The largest absolute Gasteiger partial charge is 0.369 e. The summed E-state index contributed by atoms with van der Waals surface area (Å²) in [5.41, 5.74) is 0. The minimum atomic E-state index is -0.304. The van der Waals surface area contributed by atoms with Gasteiger partial charge >= 0.3 is 0 Å². The fourth-order valence-electron chi connectivity index (χ4n) is 1.01. The van der Waals surface area contributed by atoms with E-state index in [1.54, 1.807) is 6.07 Å². The molecule has 0 bridgehead atoms. The summed E-state index contributed by atoms with van der Waals surface area (Å²) in [5.74, 6) is 0.414. The van der Waals surface area contributed by atoms with Crippen molar-refractivity contribution >= 4 is 5.82 Å². The maximum absolute atomic E-state index is 12.5. The summed E-state index contributed by atoms with van der Waals surface area (Å²) in [6, 6.07) is 3.04. The Bertz CT molecular complexity index is 261. The molecule has 14 heavy (non-hydrogen) atoms. The van der Waals surface area contributed by atoms with Crippen LogP contribution in [0.3, 0.4) is 0 Å². The first kappa shape index (κ1) is 10.9. The van der Waals surface area contributed by atoms with Crippen LogP contribution in [0.5, 0.6) is 0 Å². The number of nitrogens with zero attached hydrogens (tertiary/aromatic N) is 2. The molecule has 1 aromatic rings. The van der Waals surface area contributed by atoms with Gasteiger partial charge in [-0.15, -0.1) is 0 Å². The first-order valence-electron chi connectivity index (χ1n) is 4.76. The van der Waals surface area contributed by atoms with E-state index >= 15 is 0 Å². The summed E-state index contributed by atoms with van der Waals surface area (Å²) in [7, 11) is 2.06. The standard InChI is InChI=1S/C10H16FN3/c1-3-14(2)7-6-12-10-5-4-9(11)8-13-10/h4-5,8H,3,6-7H2,1-2H3,(H,12,13). The van der Waals surface area contributed by atoms with Crippen molar-refractivity contribution in [1.29, 1.82) is 0 Å². The Labute approximate surface area is 84.0 Å². The van der Waals surface area contributed by atoms with Gasteiger partial charge in [-0.3, -0.25) is 0 Å². The number of pyridine rings is 1. The Morgan fingerprint density at radius 1 is 1.50 bits per heavy atom. The average Bonchev–Trinajstić information content (AvgIpc) is 2.21. The van der Waals surface area contributed by atoms with E-state index in [0.29, 0.717) is 0 Å². The lowest BCUT2D eigenvalue weighted by Gasteiger charge is -2.14. The molecule has 0 aliphatic heterocycles. The van der Waals surface area contributed by atoms with Gasteiger partial charge in [0.1, 0.15) is 11.6 Å². The molecule has 1 rings (SSSR count). The predicted octanol–water partition coefficient (Wildman–Crippen LogP) is 1.58. The minimum Gasteiger partial charge on any atom is -0.369 e. The van der Waals surface area contributed by atoms with Crippen molar-refractivity contribution < 1.29 is 4.39 Å². The molecule has 0 unspecified atom stereocenters. The first-order valence-corrected chi connectivity index (χ1v) is 4.76. The molecule has 0 radical (unpaired) electrons. The van der Waals surface area contributed by atoms with Crippen LogP contribution in [0, 0.1) is 5.82 Å². The third kappa shape index (κ3) is 3.70. The van der Waals surface area contributed by atoms with Gasteiger partial charge in [0.2, 0.25) is 0 Å². The SMILES string of the molecule is CCN(C)CCNc1ccc(F)cn1. The number of likely N-dealkylation sites (N-methyl/N-ethyl adjacent to an activating group) is 1. The Morgan fingerprint density at radius 2 is 2.29 bits per heavy atom. The Morgan fingerprint density at radius 3 is 2.86 bits per heavy atom. The molecular formula is C10H16FN3. The zero-order valence-corrected chi connectivity index (χ0v) is 8.63. The Balaban J connectivity index is 2.28. The summed E-state index contributed by atoms with van der Waals surface area (Å²) >= 11 is 0. The van der Waals surface area contributed by atoms with E-state index in [-0.39, 0.29) is 5.82 Å². The van der Waals surface area contributed by atoms with Gasteiger partial charge in [0.05, 0.1) is 6.20 Å². The van der Waals surface area contributed by atoms with E-state index in [0.717, 1.165) is 25.5 Å². The number of nitrogens with one attached hydrogen (secondary N) is 1. The van der Waals surface area contributed by atoms with Gasteiger partial charge in [0, 0.05) is 13.1 Å². The maximum atomic E-state index is 12.5. The smallest absolute Gasteiger partial charge is 0.141 e. The van der Waals surface area contributed by atoms with Gasteiger partial charge in [-0.1, -0.05) is 6.92 Å². The van der Waals surface area contributed by atoms with Crippen molar-refractivity contribution in [2.24, 2.45) is 0 Å². The van der Waals surface area contributed by atoms with Crippen molar-refractivity contribution in [3.8, 4) is 0 Å². The van der Waals surface area contributed by atoms with Crippen molar-refractivity contribution in [2.45, 2.75) is 6.92 Å². The van der Waals surface area contributed by atoms with Crippen LogP contribution in [0.1, 0.15) is 6.92 Å². The number of hydrogen-bond acceptors (Lipinski definition) is 3. The highest BCUT2D eigenvalue weighted by atomic mass is 19.1. The zero-order valence-electron chi connectivity index (χ0n) is 8.63. The Hall–Kier alpha value is -1.16. The summed E-state index contributed by atoms with van der Waals surface area (Å²) in [6.45, 7) is 4.91. The molecule has 0 aromatic carbocycles. The van der Waals surface area contributed by atoms with Gasteiger partial charge in [0.15, 0.2) is 0 Å². The van der Waals surface area contributed by atoms with Gasteiger partial charge in [-0.2, -0.15) is 0 Å². The van der Waals surface area contributed by atoms with Crippen LogP contribution >= 0.6 is 0 Å². The van der Waals surface area contributed by atoms with E-state index in [1.807, 2.05) is 0 Å². The highest BCUT2D eigenvalue weighted by Crippen LogP contribution is 2.02. The van der Waals surface area contributed by atoms with Crippen molar-refractivity contribution in [1.82, 2.24) is 9.88 Å². The highest BCUT2D eigenvalue weighted by Gasteiger charge is 1.96. The van der Waals surface area contributed by atoms with Crippen LogP contribution in [0.2, 0.25) is 0 Å². The summed E-state index contributed by atoms with van der Waals surface area (Å²) < 4.78 is 12.5. The van der Waals surface area contributed by atoms with Crippen molar-refractivity contribution in [3.05, 3.63) is 24.1 Å². The summed E-state index contributed by atoms with van der Waals surface area (Å²) in [6.07, 6.45) is 1.21. The first-order chi connectivity index (χ1) is 6.72. The van der Waals surface area contributed by atoms with Crippen LogP contribution in [0.15, 0.2) is 18.3 Å². The molecule has 0 spiro atoms. The van der Waals surface area contributed by atoms with E-state index in [1.165, 1.54) is 12.3 Å². The molecule has 0 atom stereocenters. The number of halogens is 1. The number of rotatable bonds is 5. The molecule has 1 heterocycles. The molecule has 4 heteroatoms. The van der Waals surface area contributed by atoms with E-state index < -0.39 is 0 Å². The van der Waals surface area contributed by atoms with Crippen LogP contribution in [0.25, 0.3) is 0 Å². The summed E-state index contributed by atoms with van der Waals surface area (Å²) in [5, 5.41) is 3.12. The monoisotopic (exact) mass is 197 g/mol. The molecule has 0 aliphatic rings. The lowest BCUT2D eigenvalue weighted by Crippen LogP contribution is -2.24. The van der Waals surface area contributed by atoms with Crippen molar-refractivity contribution in [2.75, 3.05) is 32.0 Å². The molecule has 78 valence electrons. The minimum absolute atomic E-state index is 0.304. The lowest BCUT2D eigenvalue weighted by atomic mass is 10.4. The zero-order chi connectivity index (χ0) is 10.4. The Kier molecular flexibility index (Phi) is 4.32. The molecule has 0 amide bonds. The van der Waals surface area contributed by atoms with Crippen LogP contribution in [0.4, 0.5) is 10.2 Å². The fraction of sp³-hybridized carbons (Fsp3) is 0.500. The molecular weight excluding hydrogens is 181 g/mol. The van der Waals surface area contributed by atoms with E-state index in [4.69, 9.17) is 0 Å². The van der Waals surface area contributed by atoms with Crippen LogP contribution in [-0.2, 0) is 0 Å². The number of aromatic nitrogens is 1. The third-order valence-electron chi connectivity index (χ3n) is 2.07. The number of hydrogen-bond donors (Lipinski definition) is 1. The molecule has 0 saturated carbocycles. The van der Waals surface area contributed by atoms with Crippen LogP contribution < -0.4 is 5.32 Å². The normalized spacial score (nSPS) is 10.6. The maximum Gasteiger partial charge on any atom is 0.141 e. The third-order valence-corrected chi connectivity index (χ3v) is 2.07. The molecule has 3 nitrogen and oxygen atoms in total. The molecule has 0 fully saturated rings. The number of anilines is 1. The van der Waals surface area contributed by atoms with Gasteiger partial charge in [0.25, 0.3) is 0 Å². The topological polar surface area (TPSA) is 28.2 Å². The fourth-order valence-corrected chi connectivity index (χ4v) is 1.01. The van der Waals surface area contributed by atoms with Gasteiger partial charge in [-0.05, 0) is 25.7 Å². The average molecular weight is 197 g/mol. The van der Waals surface area contributed by atoms with E-state index in [2.05, 4.69) is 29.2 Å². The molecule has 0 saturated heterocycles. The molecule has 1 N–H and O–H groups in total. The second kappa shape index (κ2) is 5.54. The highest BCUT2D eigenvalue weighted by molar-refractivity contribution is 5.33. The van der Waals surface area contributed by atoms with Crippen molar-refractivity contribution in [3.63, 3.8) is 0 Å². The van der Waals surface area contributed by atoms with Gasteiger partial charge < -0.3 is 10.2 Å². The predicted molar refractivity (Wildman–Crippen MR) is 55.9 cm³/mol. The second-order valence-corrected chi connectivity index (χ2v) is 3.18. The summed E-state index contributed by atoms with van der Waals surface area (Å²) in [4.78, 5) is 6.09. The second-order valence-electron chi connectivity index (χ2n) is 3.18. The lowest BCUT2D eigenvalue weighted by molar-refractivity contribution is 0.367. The molecule has 1 aromatic heterocycles. The van der Waals surface area contributed by atoms with Crippen LogP contribution in [-0.4, -0.2) is 36.6 Å². The quantitative estimate of drug-likeness (QED) is 0.776.